The van der Waals surface area contributed by atoms with Crippen molar-refractivity contribution in [3.8, 4) is 23.0 Å². The van der Waals surface area contributed by atoms with Gasteiger partial charge in [-0.25, -0.2) is 8.42 Å². The minimum atomic E-state index is -4.11. The summed E-state index contributed by atoms with van der Waals surface area (Å²) in [6.45, 7) is 4.47. The molecule has 0 spiro atoms. The molecule has 11 heteroatoms. The Morgan fingerprint density at radius 3 is 2.24 bits per heavy atom. The van der Waals surface area contributed by atoms with Crippen molar-refractivity contribution in [2.24, 2.45) is 5.92 Å². The van der Waals surface area contributed by atoms with E-state index in [1.807, 2.05) is 32.8 Å². The Hall–Kier alpha value is -3.80. The molecule has 0 radical (unpaired) electrons. The molecule has 10 nitrogen and oxygen atoms in total. The SMILES string of the molecule is COc1ccccc1Oc1c(OCCO)cc(C(=O)NCCN(C)C)cc1N(CC(C)C)S(=O)(=O)c1ccccc1. The van der Waals surface area contributed by atoms with Gasteiger partial charge in [0.25, 0.3) is 15.9 Å². The third-order valence-corrected chi connectivity index (χ3v) is 7.70. The van der Waals surface area contributed by atoms with Crippen LogP contribution in [-0.4, -0.2) is 78.4 Å². The number of hydrogen-bond donors (Lipinski definition) is 2. The first-order chi connectivity index (χ1) is 19.6. The number of carbonyl (C=O) groups excluding carboxylic acids is 1. The van der Waals surface area contributed by atoms with E-state index in [2.05, 4.69) is 5.32 Å². The lowest BCUT2D eigenvalue weighted by Crippen LogP contribution is -2.35. The van der Waals surface area contributed by atoms with Gasteiger partial charge < -0.3 is 29.5 Å². The van der Waals surface area contributed by atoms with Crippen LogP contribution in [0.3, 0.4) is 0 Å². The van der Waals surface area contributed by atoms with Gasteiger partial charge in [0.15, 0.2) is 23.0 Å². The fraction of sp³-hybridized carbons (Fsp3) is 0.367. The van der Waals surface area contributed by atoms with Crippen molar-refractivity contribution in [1.29, 1.82) is 0 Å². The molecule has 0 unspecified atom stereocenters. The van der Waals surface area contributed by atoms with E-state index in [9.17, 15) is 18.3 Å². The lowest BCUT2D eigenvalue weighted by Gasteiger charge is -2.29. The maximum atomic E-state index is 14.1. The summed E-state index contributed by atoms with van der Waals surface area (Å²) < 4.78 is 47.1. The summed E-state index contributed by atoms with van der Waals surface area (Å²) in [5.74, 6) is 0.387. The zero-order chi connectivity index (χ0) is 30.0. The molecule has 0 saturated heterocycles. The Morgan fingerprint density at radius 2 is 1.63 bits per heavy atom. The van der Waals surface area contributed by atoms with E-state index in [0.29, 0.717) is 24.6 Å². The summed E-state index contributed by atoms with van der Waals surface area (Å²) in [5, 5.41) is 12.4. The molecule has 3 aromatic carbocycles. The number of nitrogens with zero attached hydrogens (tertiary/aromatic N) is 2. The molecule has 0 aliphatic rings. The molecule has 0 aliphatic heterocycles. The van der Waals surface area contributed by atoms with Gasteiger partial charge in [-0.15, -0.1) is 0 Å². The van der Waals surface area contributed by atoms with Crippen LogP contribution in [0.25, 0.3) is 0 Å². The summed E-state index contributed by atoms with van der Waals surface area (Å²) >= 11 is 0. The number of nitrogens with one attached hydrogen (secondary N) is 1. The summed E-state index contributed by atoms with van der Waals surface area (Å²) in [4.78, 5) is 15.3. The second-order valence-corrected chi connectivity index (χ2v) is 11.8. The van der Waals surface area contributed by atoms with Gasteiger partial charge in [-0.3, -0.25) is 9.10 Å². The largest absolute Gasteiger partial charge is 0.493 e. The van der Waals surface area contributed by atoms with Gasteiger partial charge in [0, 0.05) is 25.2 Å². The Bertz CT molecular complexity index is 1400. The number of amides is 1. The van der Waals surface area contributed by atoms with Crippen LogP contribution in [0, 0.1) is 5.92 Å². The van der Waals surface area contributed by atoms with Crippen LogP contribution in [0.4, 0.5) is 5.69 Å². The molecule has 0 heterocycles. The maximum absolute atomic E-state index is 14.1. The highest BCUT2D eigenvalue weighted by Gasteiger charge is 2.31. The molecule has 2 N–H and O–H groups in total. The molecule has 1 amide bonds. The van der Waals surface area contributed by atoms with E-state index >= 15 is 0 Å². The van der Waals surface area contributed by atoms with Crippen LogP contribution in [0.1, 0.15) is 24.2 Å². The van der Waals surface area contributed by atoms with Crippen LogP contribution in [0.5, 0.6) is 23.0 Å². The van der Waals surface area contributed by atoms with Crippen molar-refractivity contribution >= 4 is 21.6 Å². The molecule has 0 aliphatic carbocycles. The fourth-order valence-electron chi connectivity index (χ4n) is 3.95. The summed E-state index contributed by atoms with van der Waals surface area (Å²) in [7, 11) is 1.18. The van der Waals surface area contributed by atoms with Gasteiger partial charge in [0.05, 0.1) is 24.3 Å². The van der Waals surface area contributed by atoms with E-state index in [1.165, 1.54) is 35.7 Å². The highest BCUT2D eigenvalue weighted by Crippen LogP contribution is 2.45. The standard InChI is InChI=1S/C30H39N3O7S/c1-22(2)21-33(41(36,37)24-11-7-6-8-12-24)25-19-23(30(35)31-15-16-32(3)4)20-28(39-18-17-34)29(25)40-27-14-10-9-13-26(27)38-5/h6-14,19-20,22,34H,15-18,21H2,1-5H3,(H,31,35). The highest BCUT2D eigenvalue weighted by atomic mass is 32.2. The van der Waals surface area contributed by atoms with Crippen molar-refractivity contribution in [3.05, 3.63) is 72.3 Å². The lowest BCUT2D eigenvalue weighted by atomic mass is 10.1. The Balaban J connectivity index is 2.29. The molecule has 41 heavy (non-hydrogen) atoms. The zero-order valence-electron chi connectivity index (χ0n) is 24.2. The summed E-state index contributed by atoms with van der Waals surface area (Å²) in [6, 6.07) is 18.0. The number of aliphatic hydroxyl groups excluding tert-OH is 1. The van der Waals surface area contributed by atoms with Crippen molar-refractivity contribution < 1.29 is 32.5 Å². The number of methoxy groups -OCH3 is 1. The molecule has 3 rings (SSSR count). The maximum Gasteiger partial charge on any atom is 0.264 e. The number of para-hydroxylation sites is 2. The topological polar surface area (TPSA) is 118 Å². The first kappa shape index (κ1) is 31.7. The van der Waals surface area contributed by atoms with Crippen LogP contribution in [0.15, 0.2) is 71.6 Å². The smallest absolute Gasteiger partial charge is 0.264 e. The van der Waals surface area contributed by atoms with Crippen molar-refractivity contribution in [2.75, 3.05) is 58.4 Å². The predicted molar refractivity (Wildman–Crippen MR) is 159 cm³/mol. The predicted octanol–water partition coefficient (Wildman–Crippen LogP) is 4.00. The number of benzene rings is 3. The minimum Gasteiger partial charge on any atom is -0.493 e. The zero-order valence-corrected chi connectivity index (χ0v) is 25.0. The van der Waals surface area contributed by atoms with E-state index in [4.69, 9.17) is 14.2 Å². The first-order valence-corrected chi connectivity index (χ1v) is 14.8. The van der Waals surface area contributed by atoms with E-state index in [0.717, 1.165) is 0 Å². The van der Waals surface area contributed by atoms with Crippen molar-refractivity contribution in [2.45, 2.75) is 18.7 Å². The Labute approximate surface area is 242 Å². The molecule has 0 bridgehead atoms. The normalized spacial score (nSPS) is 11.4. The first-order valence-electron chi connectivity index (χ1n) is 13.3. The summed E-state index contributed by atoms with van der Waals surface area (Å²) in [5.41, 5.74) is 0.290. The Morgan fingerprint density at radius 1 is 0.976 bits per heavy atom. The molecule has 0 atom stereocenters. The second kappa shape index (κ2) is 14.7. The van der Waals surface area contributed by atoms with Crippen LogP contribution in [0.2, 0.25) is 0 Å². The van der Waals surface area contributed by atoms with Crippen LogP contribution < -0.4 is 23.8 Å². The number of rotatable bonds is 15. The van der Waals surface area contributed by atoms with Gasteiger partial charge in [-0.1, -0.05) is 44.2 Å². The minimum absolute atomic E-state index is 0.0629. The number of anilines is 1. The van der Waals surface area contributed by atoms with Gasteiger partial charge in [0.2, 0.25) is 0 Å². The van der Waals surface area contributed by atoms with Crippen molar-refractivity contribution in [3.63, 3.8) is 0 Å². The number of aliphatic hydroxyl groups is 1. The van der Waals surface area contributed by atoms with Gasteiger partial charge >= 0.3 is 0 Å². The summed E-state index contributed by atoms with van der Waals surface area (Å²) in [6.07, 6.45) is 0. The molecular formula is C30H39N3O7S. The molecule has 3 aromatic rings. The van der Waals surface area contributed by atoms with Gasteiger partial charge in [-0.2, -0.15) is 0 Å². The third kappa shape index (κ3) is 8.35. The molecule has 0 saturated carbocycles. The van der Waals surface area contributed by atoms with Gasteiger partial charge in [0.1, 0.15) is 6.61 Å². The number of sulfonamides is 1. The third-order valence-electron chi connectivity index (χ3n) is 5.90. The average Bonchev–Trinajstić information content (AvgIpc) is 2.95. The van der Waals surface area contributed by atoms with E-state index in [-0.39, 0.29) is 53.3 Å². The lowest BCUT2D eigenvalue weighted by molar-refractivity contribution is 0.0950. The monoisotopic (exact) mass is 585 g/mol. The van der Waals surface area contributed by atoms with Gasteiger partial charge in [-0.05, 0) is 56.4 Å². The number of likely N-dealkylation sites (N-methyl/N-ethyl adjacent to an activating group) is 1. The molecule has 0 aromatic heterocycles. The molecular weight excluding hydrogens is 546 g/mol. The average molecular weight is 586 g/mol. The van der Waals surface area contributed by atoms with Crippen LogP contribution >= 0.6 is 0 Å². The Kier molecular flexibility index (Phi) is 11.4. The fourth-order valence-corrected chi connectivity index (χ4v) is 5.60. The van der Waals surface area contributed by atoms with Crippen LogP contribution in [-0.2, 0) is 10.0 Å². The quantitative estimate of drug-likeness (QED) is 0.275. The van der Waals surface area contributed by atoms with E-state index in [1.54, 1.807) is 42.5 Å². The number of carbonyl (C=O) groups is 1. The highest BCUT2D eigenvalue weighted by molar-refractivity contribution is 7.92. The molecule has 0 fully saturated rings. The molecule has 222 valence electrons. The number of hydrogen-bond acceptors (Lipinski definition) is 8. The number of ether oxygens (including phenoxy) is 3. The second-order valence-electron chi connectivity index (χ2n) is 9.95. The van der Waals surface area contributed by atoms with Crippen molar-refractivity contribution in [1.82, 2.24) is 10.2 Å². The van der Waals surface area contributed by atoms with E-state index < -0.39 is 15.9 Å².